The van der Waals surface area contributed by atoms with Crippen LogP contribution in [0.2, 0.25) is 0 Å². The highest BCUT2D eigenvalue weighted by Gasteiger charge is 2.35. The van der Waals surface area contributed by atoms with Gasteiger partial charge in [-0.15, -0.1) is 0 Å². The second-order valence-electron chi connectivity index (χ2n) is 27.4. The molecule has 0 aliphatic carbocycles. The predicted molar refractivity (Wildman–Crippen MR) is 318 cm³/mol. The molecule has 2 heteroatoms. The Morgan fingerprint density at radius 2 is 0.625 bits per heavy atom. The Labute approximate surface area is 430 Å². The Morgan fingerprint density at radius 3 is 0.903 bits per heavy atom. The van der Waals surface area contributed by atoms with Gasteiger partial charge in [0.15, 0.2) is 0 Å². The average molecular weight is 949 g/mol. The molecule has 0 bridgehead atoms. The first-order valence-corrected chi connectivity index (χ1v) is 27.4. The lowest BCUT2D eigenvalue weighted by Gasteiger charge is -2.26. The van der Waals surface area contributed by atoms with Crippen LogP contribution in [0.4, 0.5) is 0 Å². The van der Waals surface area contributed by atoms with Gasteiger partial charge in [-0.3, -0.25) is 0 Å². The van der Waals surface area contributed by atoms with E-state index in [1.807, 2.05) is 0 Å². The zero-order valence-corrected chi connectivity index (χ0v) is 47.4. The minimum atomic E-state index is -0.123. The van der Waals surface area contributed by atoms with Crippen LogP contribution in [-0.4, -0.2) is 8.80 Å². The van der Waals surface area contributed by atoms with E-state index in [2.05, 4.69) is 244 Å². The predicted octanol–water partition coefficient (Wildman–Crippen LogP) is 21.0. The summed E-state index contributed by atoms with van der Waals surface area (Å²) in [5.74, 6) is 1.56. The maximum absolute atomic E-state index is 2.74. The molecule has 0 aliphatic heterocycles. The highest BCUT2D eigenvalue weighted by molar-refractivity contribution is 6.45. The van der Waals surface area contributed by atoms with Gasteiger partial charge in [0.1, 0.15) is 0 Å². The third-order valence-corrected chi connectivity index (χ3v) is 16.8. The molecule has 0 fully saturated rings. The molecule has 11 aromatic rings. The monoisotopic (exact) mass is 949 g/mol. The lowest BCUT2D eigenvalue weighted by atomic mass is 9.78. The summed E-state index contributed by atoms with van der Waals surface area (Å²) >= 11 is 0. The number of fused-ring (bicyclic) bond motifs is 14. The first kappa shape index (κ1) is 48.4. The smallest absolute Gasteiger partial charge is 0.0634 e. The first-order valence-electron chi connectivity index (χ1n) is 27.4. The van der Waals surface area contributed by atoms with E-state index < -0.39 is 0 Å². The number of aromatic nitrogens is 2. The lowest BCUT2D eigenvalue weighted by molar-refractivity contribution is 0.571. The molecule has 0 spiro atoms. The molecule has 4 heterocycles. The van der Waals surface area contributed by atoms with Crippen molar-refractivity contribution in [3.05, 3.63) is 142 Å². The molecule has 0 saturated heterocycles. The van der Waals surface area contributed by atoms with Crippen molar-refractivity contribution in [2.45, 2.75) is 184 Å². The van der Waals surface area contributed by atoms with Crippen LogP contribution >= 0.6 is 0 Å². The van der Waals surface area contributed by atoms with Crippen LogP contribution in [0.3, 0.4) is 0 Å². The molecule has 2 nitrogen and oxygen atoms in total. The fourth-order valence-electron chi connectivity index (χ4n) is 13.0. The molecular weight excluding hydrogens is 869 g/mol. The van der Waals surface area contributed by atoms with Crippen molar-refractivity contribution >= 4 is 76.2 Å². The number of nitrogens with zero attached hydrogens (tertiary/aromatic N) is 2. The fraction of sp³-hybridized carbons (Fsp3) is 0.400. The molecule has 4 aromatic heterocycles. The van der Waals surface area contributed by atoms with Crippen LogP contribution in [0.15, 0.2) is 97.1 Å². The average Bonchev–Trinajstić information content (AvgIpc) is 4.01. The summed E-state index contributed by atoms with van der Waals surface area (Å²) in [6.07, 6.45) is 0. The normalized spacial score (nSPS) is 13.8. The summed E-state index contributed by atoms with van der Waals surface area (Å²) in [5, 5.41) is 11.0. The maximum Gasteiger partial charge on any atom is 0.0634 e. The molecule has 72 heavy (non-hydrogen) atoms. The summed E-state index contributed by atoms with van der Waals surface area (Å²) in [4.78, 5) is 0. The SMILES string of the molecule is CC(C)c1cccc(C(C)C)c1-c1ccc2c(c1)c1c3c4cc(C(C)(C)C)cc(C(C)(C)C)c4n4c5ccc(-c6c(C(C)C)cccc6C(C)C)cc5c(c5c6cc(C(C)(C)C)cc(C(C)(C)C)c6n2c15)c34. The van der Waals surface area contributed by atoms with Crippen molar-refractivity contribution < 1.29 is 0 Å². The number of benzene rings is 7. The van der Waals surface area contributed by atoms with Gasteiger partial charge in [-0.25, -0.2) is 0 Å². The van der Waals surface area contributed by atoms with E-state index in [1.165, 1.54) is 143 Å². The third kappa shape index (κ3) is 6.93. The Balaban J connectivity index is 1.49. The van der Waals surface area contributed by atoms with Gasteiger partial charge in [0.2, 0.25) is 0 Å². The van der Waals surface area contributed by atoms with Gasteiger partial charge in [-0.2, -0.15) is 0 Å². The van der Waals surface area contributed by atoms with E-state index in [0.717, 1.165) is 0 Å². The molecule has 11 rings (SSSR count). The van der Waals surface area contributed by atoms with Crippen LogP contribution in [0.5, 0.6) is 0 Å². The van der Waals surface area contributed by atoms with E-state index >= 15 is 0 Å². The molecular formula is C70H80N2. The summed E-state index contributed by atoms with van der Waals surface area (Å²) < 4.78 is 5.49. The van der Waals surface area contributed by atoms with Gasteiger partial charge in [-0.05, 0) is 148 Å². The highest BCUT2D eigenvalue weighted by atomic mass is 15.0. The van der Waals surface area contributed by atoms with Gasteiger partial charge in [0, 0.05) is 43.1 Å². The summed E-state index contributed by atoms with van der Waals surface area (Å²) in [6.45, 7) is 47.8. The van der Waals surface area contributed by atoms with Crippen molar-refractivity contribution in [1.29, 1.82) is 0 Å². The Hall–Kier alpha value is -5.86. The minimum Gasteiger partial charge on any atom is -0.308 e. The molecule has 0 radical (unpaired) electrons. The van der Waals surface area contributed by atoms with Gasteiger partial charge in [0.25, 0.3) is 0 Å². The van der Waals surface area contributed by atoms with E-state index in [9.17, 15) is 0 Å². The van der Waals surface area contributed by atoms with E-state index in [-0.39, 0.29) is 21.7 Å². The topological polar surface area (TPSA) is 8.82 Å². The van der Waals surface area contributed by atoms with Crippen molar-refractivity contribution in [2.24, 2.45) is 0 Å². The Morgan fingerprint density at radius 1 is 0.319 bits per heavy atom. The number of hydrogen-bond acceptors (Lipinski definition) is 0. The van der Waals surface area contributed by atoms with Gasteiger partial charge in [0.05, 0.1) is 33.1 Å². The highest BCUT2D eigenvalue weighted by Crippen LogP contribution is 2.56. The second kappa shape index (κ2) is 15.8. The summed E-state index contributed by atoms with van der Waals surface area (Å²) in [5.41, 5.74) is 24.4. The van der Waals surface area contributed by atoms with E-state index in [1.54, 1.807) is 0 Å². The number of rotatable bonds is 6. The van der Waals surface area contributed by atoms with Crippen molar-refractivity contribution in [3.8, 4) is 22.3 Å². The molecule has 0 amide bonds. The van der Waals surface area contributed by atoms with E-state index in [0.29, 0.717) is 23.7 Å². The van der Waals surface area contributed by atoms with Gasteiger partial charge in [-0.1, -0.05) is 199 Å². The van der Waals surface area contributed by atoms with Crippen molar-refractivity contribution in [3.63, 3.8) is 0 Å². The maximum atomic E-state index is 2.74. The zero-order chi connectivity index (χ0) is 51.8. The van der Waals surface area contributed by atoms with Crippen LogP contribution in [0, 0.1) is 0 Å². The van der Waals surface area contributed by atoms with Crippen molar-refractivity contribution in [1.82, 2.24) is 8.80 Å². The fourth-order valence-corrected chi connectivity index (χ4v) is 13.0. The largest absolute Gasteiger partial charge is 0.308 e. The molecule has 0 N–H and O–H groups in total. The molecule has 0 unspecified atom stereocenters. The molecule has 0 aliphatic rings. The molecule has 7 aromatic carbocycles. The third-order valence-electron chi connectivity index (χ3n) is 16.8. The Kier molecular flexibility index (Phi) is 10.6. The van der Waals surface area contributed by atoms with Crippen LogP contribution in [0.1, 0.15) is 207 Å². The van der Waals surface area contributed by atoms with Gasteiger partial charge >= 0.3 is 0 Å². The Bertz CT molecular complexity index is 3680. The van der Waals surface area contributed by atoms with Crippen molar-refractivity contribution in [2.75, 3.05) is 0 Å². The minimum absolute atomic E-state index is 0.0521. The molecule has 0 saturated carbocycles. The molecule has 0 atom stereocenters. The van der Waals surface area contributed by atoms with Crippen LogP contribution < -0.4 is 0 Å². The summed E-state index contributed by atoms with van der Waals surface area (Å²) in [7, 11) is 0. The second-order valence-corrected chi connectivity index (χ2v) is 27.4. The quantitative estimate of drug-likeness (QED) is 0.157. The lowest BCUT2D eigenvalue weighted by Crippen LogP contribution is -2.17. The molecule has 370 valence electrons. The van der Waals surface area contributed by atoms with Crippen LogP contribution in [-0.2, 0) is 21.7 Å². The standard InChI is InChI=1S/C70H80N2/c1-37(2)45-23-21-24-46(38(3)4)57(45)41-27-29-55-49(31-41)59-61-51-33-43(67(9,10)11)36-54(70(18,19)20)64(51)72-56-30-28-42(58-47(39(5)6)25-22-26-48(58)40(7)8)32-50(56)60(66(61)72)62-52-34-44(68(12,13)14)35-53(69(15,16)17)63(52)71(55)65(59)62/h21-40H,1-20H3. The van der Waals surface area contributed by atoms with E-state index in [4.69, 9.17) is 0 Å². The first-order chi connectivity index (χ1) is 33.6. The zero-order valence-electron chi connectivity index (χ0n) is 47.4. The van der Waals surface area contributed by atoms with Crippen LogP contribution in [0.25, 0.3) is 98.4 Å². The summed E-state index contributed by atoms with van der Waals surface area (Å²) in [6, 6.07) is 39.5. The van der Waals surface area contributed by atoms with Gasteiger partial charge < -0.3 is 8.80 Å². The number of hydrogen-bond donors (Lipinski definition) is 0.